The number of aromatic nitrogens is 4. The maximum Gasteiger partial charge on any atom is 0.163 e. The summed E-state index contributed by atoms with van der Waals surface area (Å²) >= 11 is 0. The quantitative estimate of drug-likeness (QED) is 0.353. The van der Waals surface area contributed by atoms with E-state index in [1.807, 2.05) is 51.0 Å². The van der Waals surface area contributed by atoms with E-state index in [9.17, 15) is 0 Å². The first-order valence-electron chi connectivity index (χ1n) is 10.4. The second-order valence-corrected chi connectivity index (χ2v) is 7.98. The molecule has 0 fully saturated rings. The average molecular weight is 417 g/mol. The van der Waals surface area contributed by atoms with Gasteiger partial charge in [-0.2, -0.15) is 0 Å². The summed E-state index contributed by atoms with van der Waals surface area (Å²) in [6.45, 7) is 6.42. The molecule has 160 valence electrons. The van der Waals surface area contributed by atoms with Crippen molar-refractivity contribution >= 4 is 0 Å². The van der Waals surface area contributed by atoms with E-state index < -0.39 is 5.79 Å². The van der Waals surface area contributed by atoms with Crippen LogP contribution in [0.25, 0.3) is 0 Å². The number of rotatable bonds is 10. The highest BCUT2D eigenvalue weighted by atomic mass is 16.7. The van der Waals surface area contributed by atoms with Crippen LogP contribution in [0, 0.1) is 0 Å². The number of benzene rings is 2. The molecule has 31 heavy (non-hydrogen) atoms. The number of ether oxygens (including phenoxy) is 2. The van der Waals surface area contributed by atoms with Crippen molar-refractivity contribution < 1.29 is 9.47 Å². The van der Waals surface area contributed by atoms with Crippen LogP contribution < -0.4 is 0 Å². The number of nitrogens with zero attached hydrogens (tertiary/aromatic N) is 4. The molecule has 0 saturated heterocycles. The average Bonchev–Trinajstić information content (AvgIpc) is 3.47. The highest BCUT2D eigenvalue weighted by molar-refractivity contribution is 5.28. The van der Waals surface area contributed by atoms with Crippen molar-refractivity contribution in [2.45, 2.75) is 45.9 Å². The third-order valence-electron chi connectivity index (χ3n) is 5.21. The molecule has 0 aliphatic heterocycles. The van der Waals surface area contributed by atoms with Gasteiger partial charge in [0, 0.05) is 37.9 Å². The van der Waals surface area contributed by atoms with Crippen LogP contribution in [0.1, 0.15) is 36.1 Å². The van der Waals surface area contributed by atoms with Gasteiger partial charge in [0.1, 0.15) is 0 Å². The fourth-order valence-electron chi connectivity index (χ4n) is 3.40. The smallest absolute Gasteiger partial charge is 0.163 e. The third kappa shape index (κ3) is 5.90. The Morgan fingerprint density at radius 2 is 1.10 bits per heavy atom. The summed E-state index contributed by atoms with van der Waals surface area (Å²) in [4.78, 5) is 8.25. The van der Waals surface area contributed by atoms with Gasteiger partial charge in [0.25, 0.3) is 0 Å². The molecule has 6 heteroatoms. The van der Waals surface area contributed by atoms with Gasteiger partial charge in [-0.15, -0.1) is 0 Å². The van der Waals surface area contributed by atoms with E-state index in [2.05, 4.69) is 55.5 Å². The molecule has 2 aromatic heterocycles. The molecule has 0 aliphatic carbocycles. The minimum absolute atomic E-state index is 0.481. The molecule has 2 heterocycles. The first-order chi connectivity index (χ1) is 15.1. The summed E-state index contributed by atoms with van der Waals surface area (Å²) in [5.74, 6) is -0.718. The highest BCUT2D eigenvalue weighted by Gasteiger charge is 2.20. The first-order valence-corrected chi connectivity index (χ1v) is 10.4. The zero-order valence-electron chi connectivity index (χ0n) is 18.0. The van der Waals surface area contributed by atoms with Crippen LogP contribution in [-0.4, -0.2) is 24.9 Å². The lowest BCUT2D eigenvalue weighted by Gasteiger charge is -2.27. The molecule has 0 atom stereocenters. The van der Waals surface area contributed by atoms with Gasteiger partial charge in [0.2, 0.25) is 0 Å². The molecule has 0 saturated carbocycles. The van der Waals surface area contributed by atoms with Crippen molar-refractivity contribution in [2.24, 2.45) is 0 Å². The molecule has 0 spiro atoms. The van der Waals surface area contributed by atoms with E-state index in [1.54, 1.807) is 12.4 Å². The zero-order chi connectivity index (χ0) is 21.5. The number of hydrogen-bond acceptors (Lipinski definition) is 4. The van der Waals surface area contributed by atoms with Crippen molar-refractivity contribution in [3.63, 3.8) is 0 Å². The van der Waals surface area contributed by atoms with Crippen molar-refractivity contribution in [3.8, 4) is 0 Å². The lowest BCUT2D eigenvalue weighted by molar-refractivity contribution is -0.226. The maximum atomic E-state index is 6.18. The second-order valence-electron chi connectivity index (χ2n) is 7.98. The predicted molar refractivity (Wildman–Crippen MR) is 119 cm³/mol. The molecular formula is C25H28N4O2. The van der Waals surface area contributed by atoms with Crippen LogP contribution in [0.3, 0.4) is 0 Å². The van der Waals surface area contributed by atoms with Gasteiger partial charge in [0.05, 0.1) is 25.9 Å². The van der Waals surface area contributed by atoms with Crippen LogP contribution in [0.5, 0.6) is 0 Å². The predicted octanol–water partition coefficient (Wildman–Crippen LogP) is 4.65. The Kier molecular flexibility index (Phi) is 6.60. The van der Waals surface area contributed by atoms with Crippen molar-refractivity contribution in [3.05, 3.63) is 108 Å². The molecule has 6 nitrogen and oxygen atoms in total. The molecule has 2 aromatic carbocycles. The summed E-state index contributed by atoms with van der Waals surface area (Å²) in [5, 5.41) is 0. The molecule has 0 radical (unpaired) electrons. The van der Waals surface area contributed by atoms with Gasteiger partial charge in [0.15, 0.2) is 5.79 Å². The first kappa shape index (κ1) is 21.0. The van der Waals surface area contributed by atoms with Gasteiger partial charge in [-0.05, 0) is 36.1 Å². The van der Waals surface area contributed by atoms with E-state index in [-0.39, 0.29) is 0 Å². The number of hydrogen-bond donors (Lipinski definition) is 0. The largest absolute Gasteiger partial charge is 0.346 e. The van der Waals surface area contributed by atoms with Crippen LogP contribution in [0.15, 0.2) is 86.0 Å². The molecule has 0 aliphatic rings. The second kappa shape index (κ2) is 9.73. The Labute approximate surface area is 183 Å². The molecule has 0 unspecified atom stereocenters. The summed E-state index contributed by atoms with van der Waals surface area (Å²) in [5.41, 5.74) is 4.71. The summed E-state index contributed by atoms with van der Waals surface area (Å²) in [7, 11) is 0. The fraction of sp³-hybridized carbons (Fsp3) is 0.280. The SMILES string of the molecule is CC(C)(OCc1ccccc1Cn1ccnc1)OCc1ccccc1Cn1ccnc1. The van der Waals surface area contributed by atoms with E-state index >= 15 is 0 Å². The molecule has 0 amide bonds. The van der Waals surface area contributed by atoms with Gasteiger partial charge >= 0.3 is 0 Å². The number of imidazole rings is 2. The minimum atomic E-state index is -0.718. The Morgan fingerprint density at radius 1 is 0.677 bits per heavy atom. The summed E-state index contributed by atoms with van der Waals surface area (Å²) in [6.07, 6.45) is 11.2. The Bertz CT molecular complexity index is 987. The summed E-state index contributed by atoms with van der Waals surface area (Å²) < 4.78 is 16.5. The topological polar surface area (TPSA) is 54.1 Å². The highest BCUT2D eigenvalue weighted by Crippen LogP contribution is 2.21. The lowest BCUT2D eigenvalue weighted by atomic mass is 10.1. The van der Waals surface area contributed by atoms with Gasteiger partial charge < -0.3 is 18.6 Å². The zero-order valence-corrected chi connectivity index (χ0v) is 18.0. The molecule has 0 N–H and O–H groups in total. The monoisotopic (exact) mass is 416 g/mol. The summed E-state index contributed by atoms with van der Waals surface area (Å²) in [6, 6.07) is 16.6. The third-order valence-corrected chi connectivity index (χ3v) is 5.21. The van der Waals surface area contributed by atoms with Crippen LogP contribution in [-0.2, 0) is 35.8 Å². The molecule has 4 aromatic rings. The molecular weight excluding hydrogens is 388 g/mol. The van der Waals surface area contributed by atoms with Crippen molar-refractivity contribution in [2.75, 3.05) is 0 Å². The van der Waals surface area contributed by atoms with Crippen LogP contribution >= 0.6 is 0 Å². The van der Waals surface area contributed by atoms with Gasteiger partial charge in [-0.1, -0.05) is 48.5 Å². The lowest BCUT2D eigenvalue weighted by Crippen LogP contribution is -2.28. The van der Waals surface area contributed by atoms with Crippen LogP contribution in [0.4, 0.5) is 0 Å². The minimum Gasteiger partial charge on any atom is -0.346 e. The van der Waals surface area contributed by atoms with Crippen LogP contribution in [0.2, 0.25) is 0 Å². The maximum absolute atomic E-state index is 6.18. The fourth-order valence-corrected chi connectivity index (χ4v) is 3.40. The Morgan fingerprint density at radius 3 is 1.48 bits per heavy atom. The molecule has 0 bridgehead atoms. The Hall–Kier alpha value is -3.22. The van der Waals surface area contributed by atoms with E-state index in [4.69, 9.17) is 9.47 Å². The van der Waals surface area contributed by atoms with Gasteiger partial charge in [-0.3, -0.25) is 0 Å². The molecule has 4 rings (SSSR count). The standard InChI is InChI=1S/C25H28N4O2/c1-25(2,30-17-23-9-5-3-7-21(23)15-28-13-11-26-19-28)31-18-24-10-6-4-8-22(24)16-29-14-12-27-20-29/h3-14,19-20H,15-18H2,1-2H3. The normalized spacial score (nSPS) is 11.7. The van der Waals surface area contributed by atoms with Gasteiger partial charge in [-0.25, -0.2) is 9.97 Å². The van der Waals surface area contributed by atoms with Crippen molar-refractivity contribution in [1.82, 2.24) is 19.1 Å². The van der Waals surface area contributed by atoms with E-state index in [1.165, 1.54) is 11.1 Å². The van der Waals surface area contributed by atoms with E-state index in [0.29, 0.717) is 13.2 Å². The van der Waals surface area contributed by atoms with E-state index in [0.717, 1.165) is 24.2 Å². The Balaban J connectivity index is 1.37. The van der Waals surface area contributed by atoms with Crippen molar-refractivity contribution in [1.29, 1.82) is 0 Å².